The Bertz CT molecular complexity index is 506. The van der Waals surface area contributed by atoms with Crippen molar-refractivity contribution in [2.45, 2.75) is 13.5 Å². The third kappa shape index (κ3) is 2.51. The van der Waals surface area contributed by atoms with Crippen LogP contribution in [0.25, 0.3) is 0 Å². The summed E-state index contributed by atoms with van der Waals surface area (Å²) in [6.45, 7) is 2.19. The molecule has 0 aromatic carbocycles. The van der Waals surface area contributed by atoms with Crippen molar-refractivity contribution in [1.29, 1.82) is 0 Å². The van der Waals surface area contributed by atoms with Crippen molar-refractivity contribution in [1.82, 2.24) is 10.5 Å². The van der Waals surface area contributed by atoms with Gasteiger partial charge in [-0.15, -0.1) is 11.3 Å². The Labute approximate surface area is 105 Å². The minimum Gasteiger partial charge on any atom is -0.359 e. The molecular weight excluding hydrogens is 292 g/mol. The highest BCUT2D eigenvalue weighted by molar-refractivity contribution is 9.10. The standard InChI is InChI=1S/C10H9BrN2O2S/c1-6-4-7(15-13-6)5-12-10(14)9-8(11)2-3-16-9/h2-4H,5H2,1H3,(H,12,14). The van der Waals surface area contributed by atoms with Crippen LogP contribution in [0, 0.1) is 6.92 Å². The van der Waals surface area contributed by atoms with Crippen LogP contribution in [0.15, 0.2) is 26.5 Å². The number of nitrogens with zero attached hydrogens (tertiary/aromatic N) is 1. The van der Waals surface area contributed by atoms with E-state index in [4.69, 9.17) is 4.52 Å². The number of carbonyl (C=O) groups excluding carboxylic acids is 1. The highest BCUT2D eigenvalue weighted by atomic mass is 79.9. The number of amides is 1. The van der Waals surface area contributed by atoms with E-state index in [0.29, 0.717) is 17.2 Å². The van der Waals surface area contributed by atoms with E-state index >= 15 is 0 Å². The lowest BCUT2D eigenvalue weighted by molar-refractivity contribution is 0.0950. The summed E-state index contributed by atoms with van der Waals surface area (Å²) in [7, 11) is 0. The number of rotatable bonds is 3. The fourth-order valence-electron chi connectivity index (χ4n) is 1.20. The topological polar surface area (TPSA) is 55.1 Å². The second-order valence-electron chi connectivity index (χ2n) is 3.21. The summed E-state index contributed by atoms with van der Waals surface area (Å²) in [5, 5.41) is 8.36. The highest BCUT2D eigenvalue weighted by Crippen LogP contribution is 2.22. The van der Waals surface area contributed by atoms with Crippen LogP contribution < -0.4 is 5.32 Å². The van der Waals surface area contributed by atoms with Crippen LogP contribution in [-0.2, 0) is 6.54 Å². The lowest BCUT2D eigenvalue weighted by Gasteiger charge is -2.00. The largest absolute Gasteiger partial charge is 0.359 e. The summed E-state index contributed by atoms with van der Waals surface area (Å²) in [4.78, 5) is 12.4. The van der Waals surface area contributed by atoms with Gasteiger partial charge < -0.3 is 9.84 Å². The Hall–Kier alpha value is -1.14. The van der Waals surface area contributed by atoms with E-state index < -0.39 is 0 Å². The Kier molecular flexibility index (Phi) is 3.40. The first-order valence-electron chi connectivity index (χ1n) is 4.60. The van der Waals surface area contributed by atoms with Crippen molar-refractivity contribution in [3.05, 3.63) is 38.3 Å². The second-order valence-corrected chi connectivity index (χ2v) is 4.99. The fourth-order valence-corrected chi connectivity index (χ4v) is 2.67. The maximum atomic E-state index is 11.7. The molecule has 2 aromatic heterocycles. The molecule has 0 unspecified atom stereocenters. The highest BCUT2D eigenvalue weighted by Gasteiger charge is 2.11. The van der Waals surface area contributed by atoms with Crippen LogP contribution in [0.1, 0.15) is 21.1 Å². The predicted octanol–water partition coefficient (Wildman–Crippen LogP) is 2.74. The number of aryl methyl sites for hydroxylation is 1. The number of carbonyl (C=O) groups is 1. The van der Waals surface area contributed by atoms with E-state index in [9.17, 15) is 4.79 Å². The molecule has 0 fully saturated rings. The lowest BCUT2D eigenvalue weighted by atomic mass is 10.3. The van der Waals surface area contributed by atoms with Crippen LogP contribution >= 0.6 is 27.3 Å². The van der Waals surface area contributed by atoms with Gasteiger partial charge >= 0.3 is 0 Å². The van der Waals surface area contributed by atoms with Gasteiger partial charge in [-0.3, -0.25) is 4.79 Å². The van der Waals surface area contributed by atoms with Gasteiger partial charge in [0.25, 0.3) is 5.91 Å². The number of hydrogen-bond donors (Lipinski definition) is 1. The Morgan fingerprint density at radius 3 is 3.06 bits per heavy atom. The Morgan fingerprint density at radius 2 is 2.50 bits per heavy atom. The Morgan fingerprint density at radius 1 is 1.69 bits per heavy atom. The second kappa shape index (κ2) is 4.80. The molecule has 84 valence electrons. The molecule has 0 saturated heterocycles. The maximum absolute atomic E-state index is 11.7. The summed E-state index contributed by atoms with van der Waals surface area (Å²) < 4.78 is 5.80. The van der Waals surface area contributed by atoms with Gasteiger partial charge in [-0.1, -0.05) is 5.16 Å². The molecule has 0 radical (unpaired) electrons. The van der Waals surface area contributed by atoms with Crippen molar-refractivity contribution in [2.24, 2.45) is 0 Å². The molecule has 0 aliphatic carbocycles. The molecule has 2 rings (SSSR count). The van der Waals surface area contributed by atoms with Crippen molar-refractivity contribution < 1.29 is 9.32 Å². The minimum atomic E-state index is -0.115. The smallest absolute Gasteiger partial charge is 0.262 e. The van der Waals surface area contributed by atoms with E-state index in [-0.39, 0.29) is 5.91 Å². The maximum Gasteiger partial charge on any atom is 0.262 e. The van der Waals surface area contributed by atoms with Gasteiger partial charge in [0.15, 0.2) is 5.76 Å². The van der Waals surface area contributed by atoms with Gasteiger partial charge in [0.2, 0.25) is 0 Å². The molecule has 6 heteroatoms. The molecule has 16 heavy (non-hydrogen) atoms. The van der Waals surface area contributed by atoms with Gasteiger partial charge in [0.1, 0.15) is 4.88 Å². The predicted molar refractivity (Wildman–Crippen MR) is 64.4 cm³/mol. The zero-order valence-corrected chi connectivity index (χ0v) is 10.9. The van der Waals surface area contributed by atoms with Gasteiger partial charge in [-0.25, -0.2) is 0 Å². The summed E-state index contributed by atoms with van der Waals surface area (Å²) >= 11 is 4.70. The van der Waals surface area contributed by atoms with Crippen molar-refractivity contribution in [3.63, 3.8) is 0 Å². The molecule has 2 aromatic rings. The van der Waals surface area contributed by atoms with Crippen LogP contribution in [0.2, 0.25) is 0 Å². The average Bonchev–Trinajstić information content (AvgIpc) is 2.84. The number of hydrogen-bond acceptors (Lipinski definition) is 4. The van der Waals surface area contributed by atoms with Crippen LogP contribution in [0.3, 0.4) is 0 Å². The summed E-state index contributed by atoms with van der Waals surface area (Å²) in [5.74, 6) is 0.537. The first kappa shape index (κ1) is 11.3. The van der Waals surface area contributed by atoms with Gasteiger partial charge in [-0.05, 0) is 34.3 Å². The zero-order chi connectivity index (χ0) is 11.5. The summed E-state index contributed by atoms with van der Waals surface area (Å²) in [6, 6.07) is 3.64. The molecule has 4 nitrogen and oxygen atoms in total. The van der Waals surface area contributed by atoms with Gasteiger partial charge in [0.05, 0.1) is 12.2 Å². The van der Waals surface area contributed by atoms with Gasteiger partial charge in [0, 0.05) is 10.5 Å². The lowest BCUT2D eigenvalue weighted by Crippen LogP contribution is -2.21. The number of thiophene rings is 1. The molecular formula is C10H9BrN2O2S. The monoisotopic (exact) mass is 300 g/mol. The van der Waals surface area contributed by atoms with Crippen molar-refractivity contribution in [2.75, 3.05) is 0 Å². The molecule has 0 saturated carbocycles. The molecule has 2 heterocycles. The molecule has 0 aliphatic rings. The van der Waals surface area contributed by atoms with E-state index in [2.05, 4.69) is 26.4 Å². The zero-order valence-electron chi connectivity index (χ0n) is 8.49. The SMILES string of the molecule is Cc1cc(CNC(=O)c2sccc2Br)on1. The minimum absolute atomic E-state index is 0.115. The Balaban J connectivity index is 1.96. The fraction of sp³-hybridized carbons (Fsp3) is 0.200. The van der Waals surface area contributed by atoms with Crippen molar-refractivity contribution in [3.8, 4) is 0 Å². The first-order chi connectivity index (χ1) is 7.66. The first-order valence-corrected chi connectivity index (χ1v) is 6.27. The van der Waals surface area contributed by atoms with E-state index in [1.165, 1.54) is 11.3 Å². The third-order valence-electron chi connectivity index (χ3n) is 1.92. The average molecular weight is 301 g/mol. The summed E-state index contributed by atoms with van der Waals surface area (Å²) in [5.41, 5.74) is 0.807. The van der Waals surface area contributed by atoms with E-state index in [1.54, 1.807) is 6.07 Å². The number of nitrogens with one attached hydrogen (secondary N) is 1. The van der Waals surface area contributed by atoms with Gasteiger partial charge in [-0.2, -0.15) is 0 Å². The van der Waals surface area contributed by atoms with Crippen molar-refractivity contribution >= 4 is 33.2 Å². The molecule has 0 aliphatic heterocycles. The number of halogens is 1. The molecule has 0 atom stereocenters. The molecule has 0 spiro atoms. The van der Waals surface area contributed by atoms with Crippen LogP contribution in [0.4, 0.5) is 0 Å². The molecule has 1 amide bonds. The quantitative estimate of drug-likeness (QED) is 0.948. The molecule has 1 N–H and O–H groups in total. The van der Waals surface area contributed by atoms with Crippen LogP contribution in [-0.4, -0.2) is 11.1 Å². The third-order valence-corrected chi connectivity index (χ3v) is 3.76. The molecule has 0 bridgehead atoms. The van der Waals surface area contributed by atoms with E-state index in [1.807, 2.05) is 18.4 Å². The van der Waals surface area contributed by atoms with E-state index in [0.717, 1.165) is 10.2 Å². The number of aromatic nitrogens is 1. The summed E-state index contributed by atoms with van der Waals surface area (Å²) in [6.07, 6.45) is 0. The normalized spacial score (nSPS) is 10.4. The van der Waals surface area contributed by atoms with Crippen LogP contribution in [0.5, 0.6) is 0 Å².